The third-order valence-electron chi connectivity index (χ3n) is 5.47. The topological polar surface area (TPSA) is 21.3 Å². The Hall–Kier alpha value is -3.00. The summed E-state index contributed by atoms with van der Waals surface area (Å²) in [4.78, 5) is 0. The quantitative estimate of drug-likeness (QED) is 0.565. The monoisotopic (exact) mass is 339 g/mol. The van der Waals surface area contributed by atoms with E-state index in [4.69, 9.17) is 4.74 Å². The maximum absolute atomic E-state index is 6.05. The van der Waals surface area contributed by atoms with Crippen molar-refractivity contribution >= 4 is 5.69 Å². The zero-order valence-corrected chi connectivity index (χ0v) is 14.5. The molecule has 1 aliphatic carbocycles. The average Bonchev–Trinajstić information content (AvgIpc) is 3.19. The summed E-state index contributed by atoms with van der Waals surface area (Å²) in [5.74, 6) is 2.76. The minimum absolute atomic E-state index is 0.351. The molecule has 1 N–H and O–H groups in total. The van der Waals surface area contributed by atoms with Crippen LogP contribution in [0.1, 0.15) is 29.5 Å². The zero-order chi connectivity index (χ0) is 17.3. The predicted octanol–water partition coefficient (Wildman–Crippen LogP) is 6.31. The first-order valence-corrected chi connectivity index (χ1v) is 9.23. The van der Waals surface area contributed by atoms with Crippen LogP contribution in [-0.4, -0.2) is 0 Å². The molecule has 0 saturated heterocycles. The van der Waals surface area contributed by atoms with Crippen LogP contribution in [0.2, 0.25) is 0 Å². The van der Waals surface area contributed by atoms with Crippen molar-refractivity contribution in [2.45, 2.75) is 18.4 Å². The lowest BCUT2D eigenvalue weighted by atomic mass is 9.77. The first-order valence-electron chi connectivity index (χ1n) is 9.23. The molecular weight excluding hydrogens is 318 g/mol. The van der Waals surface area contributed by atoms with Crippen molar-refractivity contribution in [1.29, 1.82) is 0 Å². The smallest absolute Gasteiger partial charge is 0.127 e. The van der Waals surface area contributed by atoms with Crippen molar-refractivity contribution < 1.29 is 4.74 Å². The summed E-state index contributed by atoms with van der Waals surface area (Å²) < 4.78 is 6.05. The molecule has 0 saturated carbocycles. The fourth-order valence-electron chi connectivity index (χ4n) is 4.25. The van der Waals surface area contributed by atoms with Gasteiger partial charge in [-0.2, -0.15) is 0 Å². The molecular formula is C24H21NO. The van der Waals surface area contributed by atoms with E-state index in [1.165, 1.54) is 16.8 Å². The van der Waals surface area contributed by atoms with Crippen LogP contribution >= 0.6 is 0 Å². The molecule has 128 valence electrons. The van der Waals surface area contributed by atoms with Gasteiger partial charge in [0, 0.05) is 11.6 Å². The largest absolute Gasteiger partial charge is 0.457 e. The molecule has 1 heterocycles. The molecule has 0 spiro atoms. The number of anilines is 1. The van der Waals surface area contributed by atoms with E-state index in [0.717, 1.165) is 17.9 Å². The van der Waals surface area contributed by atoms with E-state index in [1.54, 1.807) is 0 Å². The Morgan fingerprint density at radius 2 is 1.58 bits per heavy atom. The number of nitrogens with one attached hydrogen (secondary N) is 1. The van der Waals surface area contributed by atoms with Crippen molar-refractivity contribution in [2.24, 2.45) is 5.92 Å². The molecule has 2 nitrogen and oxygen atoms in total. The van der Waals surface area contributed by atoms with Crippen molar-refractivity contribution in [2.75, 3.05) is 5.32 Å². The first-order chi connectivity index (χ1) is 12.9. The molecule has 0 bridgehead atoms. The molecule has 5 rings (SSSR count). The zero-order valence-electron chi connectivity index (χ0n) is 14.5. The molecule has 3 aromatic carbocycles. The van der Waals surface area contributed by atoms with Gasteiger partial charge >= 0.3 is 0 Å². The van der Waals surface area contributed by atoms with E-state index in [9.17, 15) is 0 Å². The molecule has 0 fully saturated rings. The van der Waals surface area contributed by atoms with Crippen LogP contribution in [0.5, 0.6) is 11.5 Å². The SMILES string of the molecule is C1=C[C@H]2c3cc(Oc4ccccc4)ccc3N[C@@H](c3ccccc3)[C@H]2C1. The van der Waals surface area contributed by atoms with Gasteiger partial charge in [-0.3, -0.25) is 0 Å². The lowest BCUT2D eigenvalue weighted by molar-refractivity contribution is 0.422. The average molecular weight is 339 g/mol. The second kappa shape index (κ2) is 6.38. The second-order valence-corrected chi connectivity index (χ2v) is 7.05. The molecule has 0 unspecified atom stereocenters. The number of fused-ring (bicyclic) bond motifs is 3. The van der Waals surface area contributed by atoms with Crippen molar-refractivity contribution in [1.82, 2.24) is 0 Å². The van der Waals surface area contributed by atoms with E-state index < -0.39 is 0 Å². The lowest BCUT2D eigenvalue weighted by Gasteiger charge is -2.37. The lowest BCUT2D eigenvalue weighted by Crippen LogP contribution is -2.28. The van der Waals surface area contributed by atoms with Gasteiger partial charge in [-0.1, -0.05) is 60.7 Å². The summed E-state index contributed by atoms with van der Waals surface area (Å²) in [6.07, 6.45) is 5.81. The summed E-state index contributed by atoms with van der Waals surface area (Å²) in [7, 11) is 0. The van der Waals surface area contributed by atoms with Crippen LogP contribution in [0.3, 0.4) is 0 Å². The number of benzene rings is 3. The molecule has 3 atom stereocenters. The van der Waals surface area contributed by atoms with Gasteiger partial charge in [-0.15, -0.1) is 0 Å². The van der Waals surface area contributed by atoms with E-state index in [0.29, 0.717) is 17.9 Å². The van der Waals surface area contributed by atoms with Gasteiger partial charge in [0.15, 0.2) is 0 Å². The Labute approximate surface area is 154 Å². The maximum atomic E-state index is 6.05. The number of hydrogen-bond donors (Lipinski definition) is 1. The Morgan fingerprint density at radius 3 is 2.38 bits per heavy atom. The van der Waals surface area contributed by atoms with Crippen molar-refractivity contribution in [3.63, 3.8) is 0 Å². The molecule has 0 amide bonds. The van der Waals surface area contributed by atoms with E-state index in [1.807, 2.05) is 30.3 Å². The predicted molar refractivity (Wildman–Crippen MR) is 106 cm³/mol. The molecule has 26 heavy (non-hydrogen) atoms. The van der Waals surface area contributed by atoms with Crippen molar-refractivity contribution in [3.8, 4) is 11.5 Å². The molecule has 1 aliphatic heterocycles. The first kappa shape index (κ1) is 15.3. The maximum Gasteiger partial charge on any atom is 0.127 e. The summed E-state index contributed by atoms with van der Waals surface area (Å²) in [6.45, 7) is 0. The van der Waals surface area contributed by atoms with E-state index >= 15 is 0 Å². The summed E-state index contributed by atoms with van der Waals surface area (Å²) in [5.41, 5.74) is 3.91. The van der Waals surface area contributed by atoms with E-state index in [2.05, 4.69) is 66.0 Å². The molecule has 3 aromatic rings. The second-order valence-electron chi connectivity index (χ2n) is 7.05. The molecule has 2 heteroatoms. The standard InChI is InChI=1S/C24H21NO/c1-3-8-17(9-4-1)24-21-13-7-12-20(21)22-16-19(14-15-23(22)25-24)26-18-10-5-2-6-11-18/h1-12,14-16,20-21,24-25H,13H2/t20-,21+,24+/m1/s1. The number of allylic oxidation sites excluding steroid dienone is 2. The van der Waals surface area contributed by atoms with Crippen LogP contribution in [-0.2, 0) is 0 Å². The number of rotatable bonds is 3. The minimum Gasteiger partial charge on any atom is -0.457 e. The Morgan fingerprint density at radius 1 is 0.808 bits per heavy atom. The molecule has 2 aliphatic rings. The Bertz CT molecular complexity index is 933. The highest BCUT2D eigenvalue weighted by Crippen LogP contribution is 2.50. The fourth-order valence-corrected chi connectivity index (χ4v) is 4.25. The highest BCUT2D eigenvalue weighted by molar-refractivity contribution is 5.62. The Balaban J connectivity index is 1.49. The summed E-state index contributed by atoms with van der Waals surface area (Å²) in [6, 6.07) is 27.5. The highest BCUT2D eigenvalue weighted by atomic mass is 16.5. The van der Waals surface area contributed by atoms with Crippen LogP contribution in [0.25, 0.3) is 0 Å². The van der Waals surface area contributed by atoms with Gasteiger partial charge in [0.2, 0.25) is 0 Å². The van der Waals surface area contributed by atoms with Gasteiger partial charge < -0.3 is 10.1 Å². The van der Waals surface area contributed by atoms with Gasteiger partial charge in [0.25, 0.3) is 0 Å². The number of ether oxygens (including phenoxy) is 1. The number of hydrogen-bond acceptors (Lipinski definition) is 2. The third-order valence-corrected chi connectivity index (χ3v) is 5.47. The van der Waals surface area contributed by atoms with E-state index in [-0.39, 0.29) is 0 Å². The summed E-state index contributed by atoms with van der Waals surface area (Å²) >= 11 is 0. The van der Waals surface area contributed by atoms with Gasteiger partial charge in [-0.25, -0.2) is 0 Å². The van der Waals surface area contributed by atoms with Gasteiger partial charge in [0.1, 0.15) is 11.5 Å². The van der Waals surface area contributed by atoms with Crippen LogP contribution < -0.4 is 10.1 Å². The molecule has 0 aromatic heterocycles. The minimum atomic E-state index is 0.351. The summed E-state index contributed by atoms with van der Waals surface area (Å²) in [5, 5.41) is 3.78. The van der Waals surface area contributed by atoms with Gasteiger partial charge in [-0.05, 0) is 53.8 Å². The van der Waals surface area contributed by atoms with Crippen LogP contribution in [0, 0.1) is 5.92 Å². The van der Waals surface area contributed by atoms with Gasteiger partial charge in [0.05, 0.1) is 6.04 Å². The Kier molecular flexibility index (Phi) is 3.75. The van der Waals surface area contributed by atoms with Crippen LogP contribution in [0.4, 0.5) is 5.69 Å². The highest BCUT2D eigenvalue weighted by Gasteiger charge is 2.37. The van der Waals surface area contributed by atoms with Crippen LogP contribution in [0.15, 0.2) is 91.0 Å². The third kappa shape index (κ3) is 2.68. The normalized spacial score (nSPS) is 23.0. The molecule has 0 radical (unpaired) electrons. The fraction of sp³-hybridized carbons (Fsp3) is 0.167. The number of para-hydroxylation sites is 1. The van der Waals surface area contributed by atoms with Crippen molar-refractivity contribution in [3.05, 3.63) is 102 Å².